The molecule has 0 saturated carbocycles. The quantitative estimate of drug-likeness (QED) is 0.505. The number of thiophene rings is 1. The lowest BCUT2D eigenvalue weighted by atomic mass is 10.3. The fourth-order valence-corrected chi connectivity index (χ4v) is 5.50. The van der Waals surface area contributed by atoms with Gasteiger partial charge in [-0.05, 0) is 36.4 Å². The minimum Gasteiger partial charge on any atom is -0.467 e. The lowest BCUT2D eigenvalue weighted by Crippen LogP contribution is -2.43. The highest BCUT2D eigenvalue weighted by molar-refractivity contribution is 7.91. The number of sulfonamides is 1. The Bertz CT molecular complexity index is 1130. The summed E-state index contributed by atoms with van der Waals surface area (Å²) < 4.78 is 32.0. The van der Waals surface area contributed by atoms with Crippen LogP contribution in [0.2, 0.25) is 4.34 Å². The van der Waals surface area contributed by atoms with Gasteiger partial charge in [0.05, 0.1) is 23.7 Å². The zero-order valence-corrected chi connectivity index (χ0v) is 18.9. The fraction of sp³-hybridized carbons (Fsp3) is 0.200. The van der Waals surface area contributed by atoms with Crippen molar-refractivity contribution in [3.63, 3.8) is 0 Å². The monoisotopic (exact) mass is 481 g/mol. The van der Waals surface area contributed by atoms with Crippen LogP contribution in [0.1, 0.15) is 5.76 Å². The van der Waals surface area contributed by atoms with Crippen LogP contribution < -0.4 is 5.32 Å². The first-order valence-electron chi connectivity index (χ1n) is 9.12. The Balaban J connectivity index is 1.71. The number of halogens is 1. The number of carbonyl (C=O) groups excluding carboxylic acids is 2. The molecule has 0 aliphatic heterocycles. The van der Waals surface area contributed by atoms with E-state index in [1.807, 2.05) is 6.07 Å². The van der Waals surface area contributed by atoms with E-state index in [0.29, 0.717) is 15.8 Å². The molecule has 0 atom stereocenters. The molecular weight excluding hydrogens is 462 g/mol. The summed E-state index contributed by atoms with van der Waals surface area (Å²) in [6.45, 7) is -0.697. The Kier molecular flexibility index (Phi) is 7.50. The molecule has 0 spiro atoms. The first-order valence-corrected chi connectivity index (χ1v) is 11.8. The predicted octanol–water partition coefficient (Wildman–Crippen LogP) is 3.28. The number of nitrogens with one attached hydrogen (secondary N) is 1. The number of benzene rings is 1. The van der Waals surface area contributed by atoms with E-state index in [4.69, 9.17) is 16.0 Å². The highest BCUT2D eigenvalue weighted by Gasteiger charge is 2.28. The summed E-state index contributed by atoms with van der Waals surface area (Å²) in [7, 11) is -2.59. The van der Waals surface area contributed by atoms with Crippen molar-refractivity contribution in [2.24, 2.45) is 0 Å². The highest BCUT2D eigenvalue weighted by Crippen LogP contribution is 2.27. The molecule has 164 valence electrons. The van der Waals surface area contributed by atoms with Crippen LogP contribution in [0.4, 0.5) is 5.69 Å². The van der Waals surface area contributed by atoms with Gasteiger partial charge in [0.15, 0.2) is 0 Å². The molecule has 3 aromatic rings. The fourth-order valence-electron chi connectivity index (χ4n) is 2.68. The summed E-state index contributed by atoms with van der Waals surface area (Å²) >= 11 is 6.74. The lowest BCUT2D eigenvalue weighted by molar-refractivity contribution is -0.135. The van der Waals surface area contributed by atoms with Crippen molar-refractivity contribution in [3.05, 3.63) is 71.0 Å². The summed E-state index contributed by atoms with van der Waals surface area (Å²) in [5.74, 6) is -0.494. The van der Waals surface area contributed by atoms with Crippen molar-refractivity contribution in [2.45, 2.75) is 10.8 Å². The minimum absolute atomic E-state index is 0.0206. The summed E-state index contributed by atoms with van der Waals surface area (Å²) in [6.07, 6.45) is 1.46. The Morgan fingerprint density at radius 3 is 2.42 bits per heavy atom. The third-order valence-corrected chi connectivity index (χ3v) is 7.74. The van der Waals surface area contributed by atoms with E-state index in [0.717, 1.165) is 15.6 Å². The van der Waals surface area contributed by atoms with Gasteiger partial charge in [0.1, 0.15) is 16.5 Å². The van der Waals surface area contributed by atoms with Gasteiger partial charge >= 0.3 is 0 Å². The number of hydrogen-bond acceptors (Lipinski definition) is 6. The van der Waals surface area contributed by atoms with Crippen molar-refractivity contribution in [2.75, 3.05) is 25.5 Å². The van der Waals surface area contributed by atoms with Crippen LogP contribution in [0, 0.1) is 0 Å². The van der Waals surface area contributed by atoms with E-state index in [-0.39, 0.29) is 17.3 Å². The second-order valence-corrected chi connectivity index (χ2v) is 10.5. The van der Waals surface area contributed by atoms with Crippen LogP contribution in [0.15, 0.2) is 69.5 Å². The normalized spacial score (nSPS) is 11.5. The van der Waals surface area contributed by atoms with Gasteiger partial charge in [-0.25, -0.2) is 8.42 Å². The molecule has 8 nitrogen and oxygen atoms in total. The first-order chi connectivity index (χ1) is 14.8. The molecule has 2 heterocycles. The maximum Gasteiger partial charge on any atom is 0.252 e. The maximum absolute atomic E-state index is 12.9. The summed E-state index contributed by atoms with van der Waals surface area (Å²) in [6, 6.07) is 15.0. The summed E-state index contributed by atoms with van der Waals surface area (Å²) in [4.78, 5) is 26.6. The minimum atomic E-state index is -3.89. The van der Waals surface area contributed by atoms with Gasteiger partial charge in [-0.2, -0.15) is 4.31 Å². The molecule has 1 aromatic carbocycles. The number of rotatable bonds is 9. The van der Waals surface area contributed by atoms with Crippen molar-refractivity contribution >= 4 is 50.5 Å². The summed E-state index contributed by atoms with van der Waals surface area (Å²) in [5, 5.41) is 2.71. The molecule has 3 rings (SSSR count). The molecule has 0 bridgehead atoms. The molecule has 1 N–H and O–H groups in total. The molecule has 2 amide bonds. The predicted molar refractivity (Wildman–Crippen MR) is 118 cm³/mol. The summed E-state index contributed by atoms with van der Waals surface area (Å²) in [5.41, 5.74) is 0.590. The molecule has 0 aliphatic carbocycles. The molecule has 0 saturated heterocycles. The zero-order valence-electron chi connectivity index (χ0n) is 16.5. The Hall–Kier alpha value is -2.66. The van der Waals surface area contributed by atoms with Crippen molar-refractivity contribution in [3.8, 4) is 0 Å². The SMILES string of the molecule is CN(CC(=O)N(CC(=O)Nc1ccccc1)Cc1ccco1)S(=O)(=O)c1ccc(Cl)s1. The molecule has 0 fully saturated rings. The van der Waals surface area contributed by atoms with Gasteiger partial charge in [0.25, 0.3) is 10.0 Å². The van der Waals surface area contributed by atoms with Gasteiger partial charge in [-0.3, -0.25) is 9.59 Å². The molecule has 31 heavy (non-hydrogen) atoms. The molecule has 0 unspecified atom stereocenters. The van der Waals surface area contributed by atoms with Crippen molar-refractivity contribution in [1.29, 1.82) is 0 Å². The number of furan rings is 1. The number of carbonyl (C=O) groups is 2. The van der Waals surface area contributed by atoms with Crippen molar-refractivity contribution < 1.29 is 22.4 Å². The topological polar surface area (TPSA) is 99.9 Å². The number of hydrogen-bond donors (Lipinski definition) is 1. The number of anilines is 1. The van der Waals surface area contributed by atoms with E-state index in [1.165, 1.54) is 30.3 Å². The van der Waals surface area contributed by atoms with Gasteiger partial charge < -0.3 is 14.6 Å². The van der Waals surface area contributed by atoms with E-state index in [1.54, 1.807) is 36.4 Å². The third kappa shape index (κ3) is 6.17. The van der Waals surface area contributed by atoms with Crippen molar-refractivity contribution in [1.82, 2.24) is 9.21 Å². The van der Waals surface area contributed by atoms with Crippen LogP contribution >= 0.6 is 22.9 Å². The van der Waals surface area contributed by atoms with Gasteiger partial charge in [-0.15, -0.1) is 11.3 Å². The van der Waals surface area contributed by atoms with E-state index < -0.39 is 28.4 Å². The maximum atomic E-state index is 12.9. The average Bonchev–Trinajstić information content (AvgIpc) is 3.40. The molecule has 2 aromatic heterocycles. The molecule has 11 heteroatoms. The number of amides is 2. The van der Waals surface area contributed by atoms with Crippen LogP contribution in [0.3, 0.4) is 0 Å². The molecule has 0 radical (unpaired) electrons. The van der Waals surface area contributed by atoms with E-state index in [2.05, 4.69) is 5.32 Å². The smallest absolute Gasteiger partial charge is 0.252 e. The molecule has 0 aliphatic rings. The number of para-hydroxylation sites is 1. The first kappa shape index (κ1) is 23.0. The van der Waals surface area contributed by atoms with Gasteiger partial charge in [-0.1, -0.05) is 29.8 Å². The highest BCUT2D eigenvalue weighted by atomic mass is 35.5. The Morgan fingerprint density at radius 2 is 1.81 bits per heavy atom. The second-order valence-electron chi connectivity index (χ2n) is 6.56. The Labute approximate surface area is 189 Å². The van der Waals surface area contributed by atoms with Crippen LogP contribution in [-0.4, -0.2) is 49.6 Å². The standard InChI is InChI=1S/C20H20ClN3O5S2/c1-23(31(27,28)20-10-9-17(21)30-20)14-19(26)24(12-16-8-5-11-29-16)13-18(25)22-15-6-3-2-4-7-15/h2-11H,12-14H2,1H3,(H,22,25). The van der Waals surface area contributed by atoms with Crippen LogP contribution in [0.25, 0.3) is 0 Å². The number of likely N-dealkylation sites (N-methyl/N-ethyl adjacent to an activating group) is 1. The average molecular weight is 482 g/mol. The second kappa shape index (κ2) is 10.1. The van der Waals surface area contributed by atoms with Gasteiger partial charge in [0.2, 0.25) is 11.8 Å². The Morgan fingerprint density at radius 1 is 1.06 bits per heavy atom. The zero-order chi connectivity index (χ0) is 22.4. The van der Waals surface area contributed by atoms with Crippen LogP contribution in [-0.2, 0) is 26.2 Å². The van der Waals surface area contributed by atoms with Gasteiger partial charge in [0, 0.05) is 12.7 Å². The lowest BCUT2D eigenvalue weighted by Gasteiger charge is -2.24. The number of nitrogens with zero attached hydrogens (tertiary/aromatic N) is 2. The van der Waals surface area contributed by atoms with E-state index >= 15 is 0 Å². The largest absolute Gasteiger partial charge is 0.467 e. The third-order valence-electron chi connectivity index (χ3n) is 4.24. The van der Waals surface area contributed by atoms with E-state index in [9.17, 15) is 18.0 Å². The molecular formula is C20H20ClN3O5S2. The van der Waals surface area contributed by atoms with Crippen LogP contribution in [0.5, 0.6) is 0 Å².